The van der Waals surface area contributed by atoms with Crippen molar-refractivity contribution in [1.29, 1.82) is 0 Å². The number of esters is 1. The molecule has 6 nitrogen and oxygen atoms in total. The largest absolute Gasteiger partial charge is 0.486 e. The van der Waals surface area contributed by atoms with Crippen LogP contribution in [-0.4, -0.2) is 31.1 Å². The number of cyclic esters (lactones) is 1. The van der Waals surface area contributed by atoms with Gasteiger partial charge in [-0.3, -0.25) is 4.79 Å². The lowest BCUT2D eigenvalue weighted by Crippen LogP contribution is -2.41. The van der Waals surface area contributed by atoms with E-state index in [4.69, 9.17) is 14.2 Å². The van der Waals surface area contributed by atoms with Crippen LogP contribution < -0.4 is 14.8 Å². The molecule has 4 rings (SSSR count). The molecule has 0 fully saturated rings. The van der Waals surface area contributed by atoms with Crippen LogP contribution in [0.15, 0.2) is 48.5 Å². The number of benzene rings is 2. The molecule has 2 atom stereocenters. The maximum atomic E-state index is 12.2. The molecular weight excluding hydrogens is 322 g/mol. The zero-order valence-corrected chi connectivity index (χ0v) is 13.4. The van der Waals surface area contributed by atoms with E-state index in [2.05, 4.69) is 5.32 Å². The van der Waals surface area contributed by atoms with Crippen molar-refractivity contribution in [3.8, 4) is 11.5 Å². The van der Waals surface area contributed by atoms with E-state index in [1.807, 2.05) is 36.4 Å². The lowest BCUT2D eigenvalue weighted by molar-refractivity contribution is -0.123. The molecule has 1 N–H and O–H groups in total. The molecule has 2 aromatic carbocycles. The zero-order valence-electron chi connectivity index (χ0n) is 13.4. The Hall–Kier alpha value is -3.02. The number of hydrogen-bond acceptors (Lipinski definition) is 5. The number of carbonyl (C=O) groups excluding carboxylic acids is 2. The minimum atomic E-state index is -0.534. The second kappa shape index (κ2) is 6.47. The summed E-state index contributed by atoms with van der Waals surface area (Å²) < 4.78 is 16.7. The number of carbonyl (C=O) groups is 2. The molecule has 128 valence electrons. The van der Waals surface area contributed by atoms with Crippen LogP contribution in [0, 0.1) is 0 Å². The lowest BCUT2D eigenvalue weighted by Gasteiger charge is -2.26. The minimum Gasteiger partial charge on any atom is -0.486 e. The number of fused-ring (bicyclic) bond motifs is 2. The van der Waals surface area contributed by atoms with Gasteiger partial charge in [0.05, 0.1) is 18.5 Å². The van der Waals surface area contributed by atoms with Gasteiger partial charge in [-0.05, 0) is 18.2 Å². The number of hydrogen-bond donors (Lipinski definition) is 1. The Morgan fingerprint density at radius 1 is 1.04 bits per heavy atom. The van der Waals surface area contributed by atoms with E-state index in [0.717, 1.165) is 5.56 Å². The molecule has 2 aliphatic heterocycles. The van der Waals surface area contributed by atoms with Crippen molar-refractivity contribution in [1.82, 2.24) is 5.32 Å². The Morgan fingerprint density at radius 2 is 1.80 bits per heavy atom. The highest BCUT2D eigenvalue weighted by molar-refractivity contribution is 5.94. The Balaban J connectivity index is 1.31. The normalized spacial score (nSPS) is 20.6. The van der Waals surface area contributed by atoms with Gasteiger partial charge in [0.2, 0.25) is 5.91 Å². The van der Waals surface area contributed by atoms with Gasteiger partial charge in [-0.15, -0.1) is 0 Å². The molecule has 0 radical (unpaired) electrons. The lowest BCUT2D eigenvalue weighted by atomic mass is 10.0. The smallest absolute Gasteiger partial charge is 0.339 e. The van der Waals surface area contributed by atoms with Crippen molar-refractivity contribution in [2.45, 2.75) is 18.6 Å². The second-order valence-electron chi connectivity index (χ2n) is 5.99. The highest BCUT2D eigenvalue weighted by atomic mass is 16.6. The summed E-state index contributed by atoms with van der Waals surface area (Å²) in [5.74, 6) is 0.803. The molecule has 1 amide bonds. The number of rotatable bonds is 4. The van der Waals surface area contributed by atoms with Gasteiger partial charge in [0.1, 0.15) is 18.8 Å². The molecule has 6 heteroatoms. The van der Waals surface area contributed by atoms with E-state index >= 15 is 0 Å². The molecule has 0 spiro atoms. The number of ether oxygens (including phenoxy) is 3. The topological polar surface area (TPSA) is 73.9 Å². The number of para-hydroxylation sites is 2. The highest BCUT2D eigenvalue weighted by Crippen LogP contribution is 2.33. The summed E-state index contributed by atoms with van der Waals surface area (Å²) in [6.45, 7) is 0.702. The highest BCUT2D eigenvalue weighted by Gasteiger charge is 2.32. The predicted octanol–water partition coefficient (Wildman–Crippen LogP) is 2.24. The summed E-state index contributed by atoms with van der Waals surface area (Å²) in [6.07, 6.45) is -0.697. The molecule has 2 aromatic rings. The van der Waals surface area contributed by atoms with Gasteiger partial charge < -0.3 is 19.5 Å². The average Bonchev–Trinajstić information content (AvgIpc) is 2.96. The van der Waals surface area contributed by atoms with Crippen LogP contribution in [0.4, 0.5) is 0 Å². The number of amides is 1. The Bertz CT molecular complexity index is 819. The maximum absolute atomic E-state index is 12.2. The second-order valence-corrected chi connectivity index (χ2v) is 5.99. The van der Waals surface area contributed by atoms with E-state index < -0.39 is 6.10 Å². The van der Waals surface area contributed by atoms with Crippen LogP contribution >= 0.6 is 0 Å². The van der Waals surface area contributed by atoms with Gasteiger partial charge in [-0.25, -0.2) is 4.79 Å². The molecule has 25 heavy (non-hydrogen) atoms. The summed E-state index contributed by atoms with van der Waals surface area (Å²) in [5, 5.41) is 2.82. The summed E-state index contributed by atoms with van der Waals surface area (Å²) in [7, 11) is 0. The molecule has 0 unspecified atom stereocenters. The first kappa shape index (κ1) is 15.5. The summed E-state index contributed by atoms with van der Waals surface area (Å²) in [6, 6.07) is 14.6. The summed E-state index contributed by atoms with van der Waals surface area (Å²) >= 11 is 0. The molecule has 0 aliphatic carbocycles. The van der Waals surface area contributed by atoms with Gasteiger partial charge in [-0.2, -0.15) is 0 Å². The Kier molecular flexibility index (Phi) is 4.01. The summed E-state index contributed by atoms with van der Waals surface area (Å²) in [5.41, 5.74) is 1.29. The van der Waals surface area contributed by atoms with Crippen LogP contribution in [0.3, 0.4) is 0 Å². The van der Waals surface area contributed by atoms with Crippen LogP contribution in [0.5, 0.6) is 11.5 Å². The van der Waals surface area contributed by atoms with Gasteiger partial charge in [0.15, 0.2) is 11.5 Å². The van der Waals surface area contributed by atoms with E-state index in [9.17, 15) is 9.59 Å². The van der Waals surface area contributed by atoms with Crippen LogP contribution in [0.1, 0.15) is 28.4 Å². The maximum Gasteiger partial charge on any atom is 0.339 e. The minimum absolute atomic E-state index is 0.0902. The zero-order chi connectivity index (χ0) is 17.2. The molecular formula is C19H17NO5. The van der Waals surface area contributed by atoms with Gasteiger partial charge in [-0.1, -0.05) is 30.3 Å². The fraction of sp³-hybridized carbons (Fsp3) is 0.263. The SMILES string of the molecule is O=C(C[C@@H]1OC(=O)c2ccccc21)NC[C@H]1COc2ccccc2O1. The van der Waals surface area contributed by atoms with E-state index in [0.29, 0.717) is 30.2 Å². The first-order valence-corrected chi connectivity index (χ1v) is 8.16. The first-order chi connectivity index (χ1) is 12.2. The van der Waals surface area contributed by atoms with Crippen LogP contribution in [-0.2, 0) is 9.53 Å². The van der Waals surface area contributed by atoms with Gasteiger partial charge in [0, 0.05) is 5.56 Å². The fourth-order valence-corrected chi connectivity index (χ4v) is 3.00. The van der Waals surface area contributed by atoms with Crippen molar-refractivity contribution < 1.29 is 23.8 Å². The molecule has 0 aromatic heterocycles. The monoisotopic (exact) mass is 339 g/mol. The summed E-state index contributed by atoms with van der Waals surface area (Å²) in [4.78, 5) is 24.0. The Labute approximate surface area is 144 Å². The fourth-order valence-electron chi connectivity index (χ4n) is 3.00. The van der Waals surface area contributed by atoms with E-state index in [-0.39, 0.29) is 24.4 Å². The molecule has 0 bridgehead atoms. The standard InChI is InChI=1S/C19H17NO5/c21-18(9-17-13-5-1-2-6-14(13)19(22)25-17)20-10-12-11-23-15-7-3-4-8-16(15)24-12/h1-8,12,17H,9-11H2,(H,20,21)/t12-,17-/m0/s1. The molecule has 2 heterocycles. The quantitative estimate of drug-likeness (QED) is 0.865. The van der Waals surface area contributed by atoms with E-state index in [1.165, 1.54) is 0 Å². The predicted molar refractivity (Wildman–Crippen MR) is 88.6 cm³/mol. The van der Waals surface area contributed by atoms with Crippen molar-refractivity contribution in [3.05, 3.63) is 59.7 Å². The molecule has 0 saturated heterocycles. The van der Waals surface area contributed by atoms with Gasteiger partial charge in [0.25, 0.3) is 0 Å². The van der Waals surface area contributed by atoms with Crippen molar-refractivity contribution in [3.63, 3.8) is 0 Å². The first-order valence-electron chi connectivity index (χ1n) is 8.16. The van der Waals surface area contributed by atoms with Crippen LogP contribution in [0.2, 0.25) is 0 Å². The van der Waals surface area contributed by atoms with Crippen molar-refractivity contribution in [2.75, 3.05) is 13.2 Å². The average molecular weight is 339 g/mol. The number of nitrogens with one attached hydrogen (secondary N) is 1. The van der Waals surface area contributed by atoms with Crippen LogP contribution in [0.25, 0.3) is 0 Å². The van der Waals surface area contributed by atoms with E-state index in [1.54, 1.807) is 12.1 Å². The molecule has 0 saturated carbocycles. The third-order valence-corrected chi connectivity index (χ3v) is 4.24. The van der Waals surface area contributed by atoms with Gasteiger partial charge >= 0.3 is 5.97 Å². The third-order valence-electron chi connectivity index (χ3n) is 4.24. The Morgan fingerprint density at radius 3 is 2.68 bits per heavy atom. The third kappa shape index (κ3) is 3.15. The molecule has 2 aliphatic rings. The van der Waals surface area contributed by atoms with Crippen molar-refractivity contribution in [2.24, 2.45) is 0 Å². The van der Waals surface area contributed by atoms with Crippen molar-refractivity contribution >= 4 is 11.9 Å².